The van der Waals surface area contributed by atoms with Gasteiger partial charge in [-0.25, -0.2) is 4.39 Å². The van der Waals surface area contributed by atoms with E-state index >= 15 is 0 Å². The number of piperazine rings is 1. The molecule has 2 aliphatic rings. The molecule has 0 unspecified atom stereocenters. The van der Waals surface area contributed by atoms with Gasteiger partial charge in [-0.2, -0.15) is 0 Å². The number of amides is 2. The van der Waals surface area contributed by atoms with Crippen molar-refractivity contribution in [2.24, 2.45) is 5.92 Å². The van der Waals surface area contributed by atoms with E-state index < -0.39 is 0 Å². The molecule has 2 heterocycles. The highest BCUT2D eigenvalue weighted by molar-refractivity contribution is 5.83. The molecule has 4 rings (SSSR count). The Hall–Kier alpha value is -2.70. The second-order valence-corrected chi connectivity index (χ2v) is 8.01. The number of hydrogen-bond acceptors (Lipinski definition) is 4. The Morgan fingerprint density at radius 2 is 1.76 bits per heavy atom. The second kappa shape index (κ2) is 7.97. The van der Waals surface area contributed by atoms with Crippen LogP contribution in [0.25, 0.3) is 0 Å². The molecular formula is C22H26FN3O3. The number of nitrogens with zero attached hydrogens (tertiary/aromatic N) is 3. The van der Waals surface area contributed by atoms with Gasteiger partial charge in [-0.05, 0) is 50.3 Å². The summed E-state index contributed by atoms with van der Waals surface area (Å²) in [6, 6.07) is 6.43. The minimum Gasteiger partial charge on any atom is -0.361 e. The van der Waals surface area contributed by atoms with Gasteiger partial charge in [0, 0.05) is 44.1 Å². The lowest BCUT2D eigenvalue weighted by molar-refractivity contribution is -0.140. The summed E-state index contributed by atoms with van der Waals surface area (Å²) in [7, 11) is 0. The van der Waals surface area contributed by atoms with E-state index in [2.05, 4.69) is 5.16 Å². The maximum atomic E-state index is 13.1. The predicted octanol–water partition coefficient (Wildman–Crippen LogP) is 2.84. The molecule has 154 valence electrons. The number of aryl methyl sites for hydroxylation is 2. The van der Waals surface area contributed by atoms with Crippen LogP contribution in [0, 0.1) is 25.6 Å². The van der Waals surface area contributed by atoms with Crippen molar-refractivity contribution in [3.63, 3.8) is 0 Å². The molecule has 7 heteroatoms. The molecule has 2 amide bonds. The first kappa shape index (κ1) is 19.6. The van der Waals surface area contributed by atoms with Crippen LogP contribution in [0.15, 0.2) is 28.8 Å². The van der Waals surface area contributed by atoms with E-state index in [1.165, 1.54) is 12.1 Å². The van der Waals surface area contributed by atoms with Crippen LogP contribution >= 0.6 is 0 Å². The molecule has 0 N–H and O–H groups in total. The first-order valence-corrected chi connectivity index (χ1v) is 10.2. The van der Waals surface area contributed by atoms with Crippen LogP contribution in [0.3, 0.4) is 0 Å². The van der Waals surface area contributed by atoms with Crippen LogP contribution in [-0.2, 0) is 16.0 Å². The topological polar surface area (TPSA) is 66.7 Å². The lowest BCUT2D eigenvalue weighted by atomic mass is 10.1. The highest BCUT2D eigenvalue weighted by Crippen LogP contribution is 2.48. The normalized spacial score (nSPS) is 21.3. The molecule has 6 nitrogen and oxygen atoms in total. The third-order valence-corrected chi connectivity index (χ3v) is 6.12. The van der Waals surface area contributed by atoms with Gasteiger partial charge in [-0.15, -0.1) is 0 Å². The zero-order valence-electron chi connectivity index (χ0n) is 16.9. The van der Waals surface area contributed by atoms with E-state index in [0.29, 0.717) is 39.0 Å². The number of rotatable bonds is 5. The Balaban J connectivity index is 1.24. The highest BCUT2D eigenvalue weighted by atomic mass is 19.1. The lowest BCUT2D eigenvalue weighted by Gasteiger charge is -2.35. The lowest BCUT2D eigenvalue weighted by Crippen LogP contribution is -2.51. The molecule has 1 aromatic heterocycles. The highest BCUT2D eigenvalue weighted by Gasteiger charge is 2.46. The van der Waals surface area contributed by atoms with Gasteiger partial charge in [-0.3, -0.25) is 9.59 Å². The van der Waals surface area contributed by atoms with Crippen molar-refractivity contribution in [2.75, 3.05) is 26.2 Å². The third-order valence-electron chi connectivity index (χ3n) is 6.12. The zero-order valence-corrected chi connectivity index (χ0v) is 16.9. The maximum Gasteiger partial charge on any atom is 0.226 e. The molecule has 2 atom stereocenters. The van der Waals surface area contributed by atoms with Gasteiger partial charge < -0.3 is 14.3 Å². The first-order valence-electron chi connectivity index (χ1n) is 10.2. The molecule has 1 aliphatic carbocycles. The molecule has 1 saturated carbocycles. The van der Waals surface area contributed by atoms with Crippen molar-refractivity contribution in [2.45, 2.75) is 39.0 Å². The van der Waals surface area contributed by atoms with Gasteiger partial charge in [0.15, 0.2) is 0 Å². The minimum absolute atomic E-state index is 0.0118. The van der Waals surface area contributed by atoms with Crippen LogP contribution in [0.2, 0.25) is 0 Å². The van der Waals surface area contributed by atoms with Crippen molar-refractivity contribution in [3.05, 3.63) is 52.7 Å². The largest absolute Gasteiger partial charge is 0.361 e. The van der Waals surface area contributed by atoms with Crippen LogP contribution in [-0.4, -0.2) is 52.9 Å². The Kier molecular flexibility index (Phi) is 5.39. The van der Waals surface area contributed by atoms with Gasteiger partial charge in [0.1, 0.15) is 11.6 Å². The number of carbonyl (C=O) groups excluding carboxylic acids is 2. The van der Waals surface area contributed by atoms with Gasteiger partial charge in [0.2, 0.25) is 11.8 Å². The molecule has 2 aromatic rings. The van der Waals surface area contributed by atoms with E-state index in [1.807, 2.05) is 23.6 Å². The maximum absolute atomic E-state index is 13.1. The summed E-state index contributed by atoms with van der Waals surface area (Å²) >= 11 is 0. The molecule has 29 heavy (non-hydrogen) atoms. The van der Waals surface area contributed by atoms with Crippen LogP contribution in [0.1, 0.15) is 41.3 Å². The molecular weight excluding hydrogens is 373 g/mol. The molecule has 0 spiro atoms. The Morgan fingerprint density at radius 3 is 2.38 bits per heavy atom. The van der Waals surface area contributed by atoms with Gasteiger partial charge in [-0.1, -0.05) is 17.3 Å². The molecule has 1 aliphatic heterocycles. The fraction of sp³-hybridized carbons (Fsp3) is 0.500. The summed E-state index contributed by atoms with van der Waals surface area (Å²) in [5.41, 5.74) is 2.87. The summed E-state index contributed by atoms with van der Waals surface area (Å²) < 4.78 is 18.2. The Bertz CT molecular complexity index is 881. The van der Waals surface area contributed by atoms with E-state index in [0.717, 1.165) is 29.0 Å². The number of aromatic nitrogens is 1. The number of benzene rings is 1. The number of carbonyl (C=O) groups is 2. The molecule has 0 bridgehead atoms. The first-order chi connectivity index (χ1) is 13.9. The smallest absolute Gasteiger partial charge is 0.226 e. The third kappa shape index (κ3) is 4.18. The zero-order chi connectivity index (χ0) is 20.5. The van der Waals surface area contributed by atoms with E-state index in [-0.39, 0.29) is 29.5 Å². The molecule has 1 saturated heterocycles. The summed E-state index contributed by atoms with van der Waals surface area (Å²) in [5.74, 6) is 0.952. The van der Waals surface area contributed by atoms with Crippen molar-refractivity contribution in [1.29, 1.82) is 0 Å². The van der Waals surface area contributed by atoms with Gasteiger partial charge in [0.25, 0.3) is 0 Å². The average molecular weight is 399 g/mol. The summed E-state index contributed by atoms with van der Waals surface area (Å²) in [6.07, 6.45) is 1.87. The van der Waals surface area contributed by atoms with Crippen molar-refractivity contribution in [1.82, 2.24) is 15.0 Å². The molecule has 0 radical (unpaired) electrons. The monoisotopic (exact) mass is 399 g/mol. The number of halogens is 1. The van der Waals surface area contributed by atoms with Crippen molar-refractivity contribution < 1.29 is 18.5 Å². The predicted molar refractivity (Wildman–Crippen MR) is 105 cm³/mol. The van der Waals surface area contributed by atoms with Crippen molar-refractivity contribution in [3.8, 4) is 0 Å². The van der Waals surface area contributed by atoms with Gasteiger partial charge in [0.05, 0.1) is 5.69 Å². The summed E-state index contributed by atoms with van der Waals surface area (Å²) in [5, 5.41) is 3.93. The quantitative estimate of drug-likeness (QED) is 0.776. The van der Waals surface area contributed by atoms with E-state index in [4.69, 9.17) is 4.52 Å². The fourth-order valence-electron chi connectivity index (χ4n) is 4.21. The van der Waals surface area contributed by atoms with Crippen LogP contribution in [0.5, 0.6) is 0 Å². The van der Waals surface area contributed by atoms with Crippen molar-refractivity contribution >= 4 is 11.8 Å². The van der Waals surface area contributed by atoms with E-state index in [9.17, 15) is 14.0 Å². The fourth-order valence-corrected chi connectivity index (χ4v) is 4.21. The standard InChI is InChI=1S/C22H26FN3O3/c1-14-18(15(2)29-24-14)7-8-21(27)25-9-11-26(12-10-25)22(28)20-13-19(20)16-3-5-17(23)6-4-16/h3-6,19-20H,7-13H2,1-2H3/t19-,20+/m0/s1. The summed E-state index contributed by atoms with van der Waals surface area (Å²) in [6.45, 7) is 6.03. The van der Waals surface area contributed by atoms with Gasteiger partial charge >= 0.3 is 0 Å². The van der Waals surface area contributed by atoms with Crippen LogP contribution in [0.4, 0.5) is 4.39 Å². The Morgan fingerprint density at radius 1 is 1.10 bits per heavy atom. The van der Waals surface area contributed by atoms with E-state index in [1.54, 1.807) is 12.1 Å². The SMILES string of the molecule is Cc1noc(C)c1CCC(=O)N1CCN(C(=O)[C@@H]2C[C@H]2c2ccc(F)cc2)CC1. The second-order valence-electron chi connectivity index (χ2n) is 8.01. The number of hydrogen-bond donors (Lipinski definition) is 0. The molecule has 1 aromatic carbocycles. The summed E-state index contributed by atoms with van der Waals surface area (Å²) in [4.78, 5) is 29.0. The Labute approximate surface area is 169 Å². The average Bonchev–Trinajstić information content (AvgIpc) is 3.46. The van der Waals surface area contributed by atoms with Crippen LogP contribution < -0.4 is 0 Å². The molecule has 2 fully saturated rings. The minimum atomic E-state index is -0.257.